The minimum absolute atomic E-state index is 0.119. The summed E-state index contributed by atoms with van der Waals surface area (Å²) in [7, 11) is 0. The second-order valence-electron chi connectivity index (χ2n) is 3.61. The molecule has 0 aliphatic carbocycles. The second-order valence-corrected chi connectivity index (χ2v) is 3.61. The smallest absolute Gasteiger partial charge is 0.195 e. The van der Waals surface area contributed by atoms with Gasteiger partial charge >= 0.3 is 0 Å². The first-order valence-corrected chi connectivity index (χ1v) is 4.56. The van der Waals surface area contributed by atoms with Gasteiger partial charge in [0.05, 0.1) is 0 Å². The lowest BCUT2D eigenvalue weighted by Gasteiger charge is -2.15. The van der Waals surface area contributed by atoms with Crippen molar-refractivity contribution in [1.82, 2.24) is 0 Å². The monoisotopic (exact) mass is 213 g/mol. The number of rotatable bonds is 2. The molecular weight excluding hydrogens is 201 g/mol. The summed E-state index contributed by atoms with van der Waals surface area (Å²) in [6, 6.07) is 0. The molecule has 0 N–H and O–H groups in total. The largest absolute Gasteiger partial charge is 0.203 e. The molecule has 0 aromatic heterocycles. The summed E-state index contributed by atoms with van der Waals surface area (Å²) in [6.07, 6.45) is 1.29. The van der Waals surface area contributed by atoms with Crippen LogP contribution >= 0.6 is 0 Å². The topological polar surface area (TPSA) is 0 Å². The van der Waals surface area contributed by atoms with Gasteiger partial charge in [0.15, 0.2) is 17.5 Å². The number of benzene rings is 1. The van der Waals surface area contributed by atoms with Crippen molar-refractivity contribution in [2.24, 2.45) is 0 Å². The van der Waals surface area contributed by atoms with Crippen LogP contribution < -0.4 is 0 Å². The maximum Gasteiger partial charge on any atom is 0.195 e. The van der Waals surface area contributed by atoms with E-state index in [9.17, 15) is 13.2 Å². The Bertz CT molecular complexity index is 406. The molecule has 0 unspecified atom stereocenters. The third-order valence-corrected chi connectivity index (χ3v) is 2.28. The SMILES string of the molecule is [CH2]c1c(F)c(F)c(F)c(C(C)C)c1C=C. The van der Waals surface area contributed by atoms with Crippen molar-refractivity contribution in [3.8, 4) is 0 Å². The molecule has 0 saturated carbocycles. The van der Waals surface area contributed by atoms with E-state index in [1.54, 1.807) is 13.8 Å². The summed E-state index contributed by atoms with van der Waals surface area (Å²) in [5, 5.41) is 0. The summed E-state index contributed by atoms with van der Waals surface area (Å²) >= 11 is 0. The van der Waals surface area contributed by atoms with Gasteiger partial charge in [-0.1, -0.05) is 26.5 Å². The van der Waals surface area contributed by atoms with Gasteiger partial charge < -0.3 is 0 Å². The quantitative estimate of drug-likeness (QED) is 0.650. The van der Waals surface area contributed by atoms with Crippen LogP contribution in [0.1, 0.15) is 36.5 Å². The fourth-order valence-electron chi connectivity index (χ4n) is 1.54. The highest BCUT2D eigenvalue weighted by atomic mass is 19.2. The minimum atomic E-state index is -1.46. The third kappa shape index (κ3) is 1.78. The molecule has 3 heteroatoms. The van der Waals surface area contributed by atoms with Crippen molar-refractivity contribution >= 4 is 6.08 Å². The molecular formula is C12H12F3. The first-order chi connectivity index (χ1) is 6.91. The molecule has 1 radical (unpaired) electrons. The number of hydrogen-bond donors (Lipinski definition) is 0. The van der Waals surface area contributed by atoms with Gasteiger partial charge in [0.1, 0.15) is 0 Å². The molecule has 0 bridgehead atoms. The molecule has 0 aliphatic heterocycles. The standard InChI is InChI=1S/C12H12F3/c1-5-8-7(4)10(13)12(15)11(14)9(8)6(2)3/h5-6H,1,4H2,2-3H3. The lowest BCUT2D eigenvalue weighted by molar-refractivity contribution is 0.435. The van der Waals surface area contributed by atoms with E-state index in [1.165, 1.54) is 6.08 Å². The molecule has 15 heavy (non-hydrogen) atoms. The molecule has 0 atom stereocenters. The van der Waals surface area contributed by atoms with E-state index < -0.39 is 17.5 Å². The zero-order valence-corrected chi connectivity index (χ0v) is 8.70. The molecule has 1 aromatic carbocycles. The van der Waals surface area contributed by atoms with Gasteiger partial charge in [-0.2, -0.15) is 0 Å². The van der Waals surface area contributed by atoms with Gasteiger partial charge in [-0.05, 0) is 24.0 Å². The van der Waals surface area contributed by atoms with Gasteiger partial charge in [-0.3, -0.25) is 0 Å². The van der Waals surface area contributed by atoms with E-state index in [0.29, 0.717) is 0 Å². The predicted octanol–water partition coefficient (Wildman–Crippen LogP) is 4.05. The van der Waals surface area contributed by atoms with Crippen molar-refractivity contribution < 1.29 is 13.2 Å². The Balaban J connectivity index is 3.70. The molecule has 1 rings (SSSR count). The van der Waals surface area contributed by atoms with Gasteiger partial charge in [-0.15, -0.1) is 0 Å². The minimum Gasteiger partial charge on any atom is -0.203 e. The maximum atomic E-state index is 13.5. The zero-order chi connectivity index (χ0) is 11.7. The van der Waals surface area contributed by atoms with E-state index >= 15 is 0 Å². The molecule has 0 spiro atoms. The normalized spacial score (nSPS) is 10.9. The molecule has 0 aliphatic rings. The molecule has 0 amide bonds. The molecule has 0 heterocycles. The Morgan fingerprint density at radius 1 is 1.07 bits per heavy atom. The highest BCUT2D eigenvalue weighted by Gasteiger charge is 2.22. The second kappa shape index (κ2) is 4.09. The van der Waals surface area contributed by atoms with Gasteiger partial charge in [-0.25, -0.2) is 13.2 Å². The Morgan fingerprint density at radius 2 is 1.60 bits per heavy atom. The highest BCUT2D eigenvalue weighted by Crippen LogP contribution is 2.30. The van der Waals surface area contributed by atoms with Gasteiger partial charge in [0.25, 0.3) is 0 Å². The van der Waals surface area contributed by atoms with Crippen molar-refractivity contribution in [3.63, 3.8) is 0 Å². The first-order valence-electron chi connectivity index (χ1n) is 4.56. The molecule has 0 fully saturated rings. The average Bonchev–Trinajstić information content (AvgIpc) is 2.19. The van der Waals surface area contributed by atoms with Crippen LogP contribution in [0.25, 0.3) is 6.08 Å². The third-order valence-electron chi connectivity index (χ3n) is 2.28. The molecule has 0 saturated heterocycles. The van der Waals surface area contributed by atoms with E-state index in [2.05, 4.69) is 13.5 Å². The summed E-state index contributed by atoms with van der Waals surface area (Å²) in [5.74, 6) is -4.11. The van der Waals surface area contributed by atoms with Gasteiger partial charge in [0.2, 0.25) is 0 Å². The lowest BCUT2D eigenvalue weighted by Crippen LogP contribution is -2.06. The molecule has 0 nitrogen and oxygen atoms in total. The van der Waals surface area contributed by atoms with Crippen LogP contribution in [0.3, 0.4) is 0 Å². The van der Waals surface area contributed by atoms with Crippen LogP contribution in [0.15, 0.2) is 6.58 Å². The van der Waals surface area contributed by atoms with Crippen LogP contribution in [-0.4, -0.2) is 0 Å². The fraction of sp³-hybridized carbons (Fsp3) is 0.250. The van der Waals surface area contributed by atoms with Crippen molar-refractivity contribution in [2.45, 2.75) is 19.8 Å². The highest BCUT2D eigenvalue weighted by molar-refractivity contribution is 5.59. The van der Waals surface area contributed by atoms with E-state index in [4.69, 9.17) is 0 Å². The Morgan fingerprint density at radius 3 is 2.00 bits per heavy atom. The van der Waals surface area contributed by atoms with Crippen molar-refractivity contribution in [3.05, 3.63) is 47.6 Å². The van der Waals surface area contributed by atoms with Crippen molar-refractivity contribution in [1.29, 1.82) is 0 Å². The van der Waals surface area contributed by atoms with E-state index in [-0.39, 0.29) is 22.6 Å². The summed E-state index contributed by atoms with van der Waals surface area (Å²) in [6.45, 7) is 10.2. The van der Waals surface area contributed by atoms with Gasteiger partial charge in [0, 0.05) is 5.56 Å². The number of halogens is 3. The van der Waals surface area contributed by atoms with Crippen LogP contribution in [0.4, 0.5) is 13.2 Å². The maximum absolute atomic E-state index is 13.5. The van der Waals surface area contributed by atoms with Crippen LogP contribution in [-0.2, 0) is 0 Å². The zero-order valence-electron chi connectivity index (χ0n) is 8.70. The van der Waals surface area contributed by atoms with E-state index in [1.807, 2.05) is 0 Å². The predicted molar refractivity (Wildman–Crippen MR) is 55.0 cm³/mol. The average molecular weight is 213 g/mol. The summed E-state index contributed by atoms with van der Waals surface area (Å²) in [4.78, 5) is 0. The van der Waals surface area contributed by atoms with Crippen LogP contribution in [0.2, 0.25) is 0 Å². The molecule has 81 valence electrons. The van der Waals surface area contributed by atoms with Crippen molar-refractivity contribution in [2.75, 3.05) is 0 Å². The summed E-state index contributed by atoms with van der Waals surface area (Å²) in [5.41, 5.74) is 0.211. The Hall–Kier alpha value is -1.25. The van der Waals surface area contributed by atoms with Crippen LogP contribution in [0, 0.1) is 24.4 Å². The number of hydrogen-bond acceptors (Lipinski definition) is 0. The Kier molecular flexibility index (Phi) is 3.22. The first kappa shape index (κ1) is 11.8. The summed E-state index contributed by atoms with van der Waals surface area (Å²) < 4.78 is 39.7. The lowest BCUT2D eigenvalue weighted by atomic mass is 9.92. The van der Waals surface area contributed by atoms with E-state index in [0.717, 1.165) is 0 Å². The van der Waals surface area contributed by atoms with Crippen LogP contribution in [0.5, 0.6) is 0 Å². The molecule has 1 aromatic rings. The Labute approximate surface area is 87.4 Å². The fourth-order valence-corrected chi connectivity index (χ4v) is 1.54.